The fraction of sp³-hybridized carbons (Fsp3) is 0.148. The van der Waals surface area contributed by atoms with Crippen molar-refractivity contribution in [1.29, 1.82) is 0 Å². The Morgan fingerprint density at radius 2 is 1.71 bits per heavy atom. The smallest absolute Gasteiger partial charge is 0.307 e. The number of benzene rings is 2. The Labute approximate surface area is 201 Å². The predicted octanol–water partition coefficient (Wildman–Crippen LogP) is 5.92. The molecule has 8 nitrogen and oxygen atoms in total. The Kier molecular flexibility index (Phi) is 5.70. The first kappa shape index (κ1) is 22.2. The van der Waals surface area contributed by atoms with Crippen molar-refractivity contribution in [3.05, 3.63) is 106 Å². The maximum Gasteiger partial charge on any atom is 0.307 e. The van der Waals surface area contributed by atoms with Gasteiger partial charge >= 0.3 is 5.69 Å². The molecule has 0 radical (unpaired) electrons. The summed E-state index contributed by atoms with van der Waals surface area (Å²) in [7, 11) is 0. The maximum atomic E-state index is 12.5. The molecule has 0 saturated heterocycles. The Balaban J connectivity index is 1.76. The van der Waals surface area contributed by atoms with Crippen LogP contribution >= 0.6 is 0 Å². The second kappa shape index (κ2) is 8.98. The molecule has 1 aliphatic heterocycles. The molecule has 35 heavy (non-hydrogen) atoms. The average molecular weight is 466 g/mol. The number of nitro groups is 1. The van der Waals surface area contributed by atoms with Gasteiger partial charge in [-0.25, -0.2) is 9.99 Å². The zero-order valence-electron chi connectivity index (χ0n) is 19.2. The second-order valence-electron chi connectivity index (χ2n) is 8.29. The van der Waals surface area contributed by atoms with Gasteiger partial charge in [0.2, 0.25) is 5.91 Å². The Hall–Kier alpha value is -4.59. The largest absolute Gasteiger partial charge is 0.464 e. The first-order valence-electron chi connectivity index (χ1n) is 11.2. The van der Waals surface area contributed by atoms with Crippen LogP contribution in [0.3, 0.4) is 0 Å². The van der Waals surface area contributed by atoms with Crippen molar-refractivity contribution in [2.45, 2.75) is 26.3 Å². The van der Waals surface area contributed by atoms with Gasteiger partial charge in [-0.2, -0.15) is 5.10 Å². The Morgan fingerprint density at radius 1 is 1.03 bits per heavy atom. The third kappa shape index (κ3) is 3.99. The summed E-state index contributed by atoms with van der Waals surface area (Å²) in [6, 6.07) is 21.7. The van der Waals surface area contributed by atoms with E-state index >= 15 is 0 Å². The Morgan fingerprint density at radius 3 is 2.31 bits per heavy atom. The van der Waals surface area contributed by atoms with Gasteiger partial charge in [0.15, 0.2) is 0 Å². The van der Waals surface area contributed by atoms with E-state index < -0.39 is 4.92 Å². The molecule has 8 heteroatoms. The van der Waals surface area contributed by atoms with Gasteiger partial charge in [-0.3, -0.25) is 14.9 Å². The molecule has 3 heterocycles. The highest BCUT2D eigenvalue weighted by Crippen LogP contribution is 2.44. The molecule has 0 spiro atoms. The third-order valence-corrected chi connectivity index (χ3v) is 6.06. The number of carbonyl (C=O) groups excluding carboxylic acids is 1. The minimum Gasteiger partial charge on any atom is -0.464 e. The van der Waals surface area contributed by atoms with Crippen molar-refractivity contribution in [3.63, 3.8) is 0 Å². The van der Waals surface area contributed by atoms with Crippen LogP contribution in [0.5, 0.6) is 0 Å². The van der Waals surface area contributed by atoms with Gasteiger partial charge in [0, 0.05) is 30.2 Å². The van der Waals surface area contributed by atoms with Gasteiger partial charge in [-0.1, -0.05) is 60.7 Å². The van der Waals surface area contributed by atoms with E-state index in [4.69, 9.17) is 4.42 Å². The van der Waals surface area contributed by atoms with E-state index in [0.29, 0.717) is 40.3 Å². The van der Waals surface area contributed by atoms with E-state index in [1.54, 1.807) is 31.2 Å². The number of pyridine rings is 1. The first-order chi connectivity index (χ1) is 17.0. The van der Waals surface area contributed by atoms with Crippen molar-refractivity contribution in [1.82, 2.24) is 9.99 Å². The van der Waals surface area contributed by atoms with Crippen LogP contribution in [0, 0.1) is 17.0 Å². The summed E-state index contributed by atoms with van der Waals surface area (Å²) in [6.45, 7) is 3.26. The van der Waals surface area contributed by atoms with E-state index in [2.05, 4.69) is 10.1 Å². The van der Waals surface area contributed by atoms with E-state index in [-0.39, 0.29) is 23.3 Å². The lowest BCUT2D eigenvalue weighted by Crippen LogP contribution is -2.24. The fourth-order valence-corrected chi connectivity index (χ4v) is 4.57. The SMILES string of the molecule is CC(=O)N1N=C(c2c(C)nc(-c3ccccc3)c([N+](=O)[O-])c2-c2ccco2)CC1c1ccccc1. The van der Waals surface area contributed by atoms with Gasteiger partial charge in [-0.15, -0.1) is 0 Å². The number of rotatable bonds is 5. The van der Waals surface area contributed by atoms with Crippen LogP contribution in [0.2, 0.25) is 0 Å². The van der Waals surface area contributed by atoms with Crippen molar-refractivity contribution in [3.8, 4) is 22.6 Å². The molecule has 1 atom stereocenters. The van der Waals surface area contributed by atoms with Gasteiger partial charge < -0.3 is 4.42 Å². The van der Waals surface area contributed by atoms with Crippen LogP contribution < -0.4 is 0 Å². The summed E-state index contributed by atoms with van der Waals surface area (Å²) in [4.78, 5) is 29.2. The molecule has 174 valence electrons. The van der Waals surface area contributed by atoms with Crippen LogP contribution in [0.1, 0.15) is 36.2 Å². The molecule has 1 unspecified atom stereocenters. The number of hydrogen-bond acceptors (Lipinski definition) is 6. The Bertz CT molecular complexity index is 1430. The number of carbonyl (C=O) groups is 1. The summed E-state index contributed by atoms with van der Waals surface area (Å²) in [5.74, 6) is 0.129. The molecule has 0 aliphatic carbocycles. The summed E-state index contributed by atoms with van der Waals surface area (Å²) in [6.07, 6.45) is 1.87. The molecule has 5 rings (SSSR count). The molecule has 1 amide bonds. The predicted molar refractivity (Wildman–Crippen MR) is 132 cm³/mol. The van der Waals surface area contributed by atoms with Crippen molar-refractivity contribution in [2.75, 3.05) is 0 Å². The van der Waals surface area contributed by atoms with E-state index in [1.165, 1.54) is 18.2 Å². The lowest BCUT2D eigenvalue weighted by Gasteiger charge is -2.20. The van der Waals surface area contributed by atoms with Crippen LogP contribution in [-0.4, -0.2) is 26.5 Å². The van der Waals surface area contributed by atoms with E-state index in [0.717, 1.165) is 5.56 Å². The minimum absolute atomic E-state index is 0.160. The standard InChI is InChI=1S/C27H22N4O4/c1-17-24(21-16-22(30(29-21)18(2)32)19-10-5-3-6-11-19)25(23-14-9-15-35-23)27(31(33)34)26(28-17)20-12-7-4-8-13-20/h3-15,22H,16H2,1-2H3. The van der Waals surface area contributed by atoms with Crippen molar-refractivity contribution < 1.29 is 14.1 Å². The van der Waals surface area contributed by atoms with Gasteiger partial charge in [-0.05, 0) is 24.6 Å². The quantitative estimate of drug-likeness (QED) is 0.268. The normalized spacial score (nSPS) is 15.2. The minimum atomic E-state index is -0.428. The van der Waals surface area contributed by atoms with Crippen molar-refractivity contribution >= 4 is 17.3 Å². The number of aryl methyl sites for hydroxylation is 1. The summed E-state index contributed by atoms with van der Waals surface area (Å²) < 4.78 is 5.67. The number of hydrazone groups is 1. The molecule has 0 bridgehead atoms. The van der Waals surface area contributed by atoms with Crippen molar-refractivity contribution in [2.24, 2.45) is 5.10 Å². The molecule has 0 saturated carbocycles. The second-order valence-corrected chi connectivity index (χ2v) is 8.29. The van der Waals surface area contributed by atoms with Crippen LogP contribution in [0.4, 0.5) is 5.69 Å². The van der Waals surface area contributed by atoms with Gasteiger partial charge in [0.1, 0.15) is 17.0 Å². The molecular formula is C27H22N4O4. The van der Waals surface area contributed by atoms with Crippen LogP contribution in [0.15, 0.2) is 88.6 Å². The van der Waals surface area contributed by atoms with Crippen LogP contribution in [-0.2, 0) is 4.79 Å². The number of amides is 1. The first-order valence-corrected chi connectivity index (χ1v) is 11.2. The molecular weight excluding hydrogens is 444 g/mol. The van der Waals surface area contributed by atoms with Gasteiger partial charge in [0.05, 0.1) is 22.9 Å². The molecule has 2 aromatic heterocycles. The highest BCUT2D eigenvalue weighted by molar-refractivity contribution is 6.10. The molecule has 1 aliphatic rings. The topological polar surface area (TPSA) is 102 Å². The number of aromatic nitrogens is 1. The highest BCUT2D eigenvalue weighted by atomic mass is 16.6. The lowest BCUT2D eigenvalue weighted by molar-refractivity contribution is -0.383. The van der Waals surface area contributed by atoms with E-state index in [9.17, 15) is 14.9 Å². The number of hydrogen-bond donors (Lipinski definition) is 0. The zero-order valence-corrected chi connectivity index (χ0v) is 19.2. The maximum absolute atomic E-state index is 12.5. The fourth-order valence-electron chi connectivity index (χ4n) is 4.57. The van der Waals surface area contributed by atoms with E-state index in [1.807, 2.05) is 48.5 Å². The average Bonchev–Trinajstić information content (AvgIpc) is 3.55. The monoisotopic (exact) mass is 466 g/mol. The summed E-state index contributed by atoms with van der Waals surface area (Å²) in [5, 5.41) is 18.6. The van der Waals surface area contributed by atoms with Gasteiger partial charge in [0.25, 0.3) is 0 Å². The molecule has 0 fully saturated rings. The summed E-state index contributed by atoms with van der Waals surface area (Å²) in [5.41, 5.74) is 3.59. The molecule has 0 N–H and O–H groups in total. The zero-order chi connectivity index (χ0) is 24.5. The molecule has 4 aromatic rings. The number of furan rings is 1. The van der Waals surface area contributed by atoms with Crippen LogP contribution in [0.25, 0.3) is 22.6 Å². The lowest BCUT2D eigenvalue weighted by atomic mass is 9.91. The highest BCUT2D eigenvalue weighted by Gasteiger charge is 2.37. The third-order valence-electron chi connectivity index (χ3n) is 6.06. The summed E-state index contributed by atoms with van der Waals surface area (Å²) >= 11 is 0. The molecule has 2 aromatic carbocycles. The number of nitrogens with zero attached hydrogens (tertiary/aromatic N) is 4.